The Morgan fingerprint density at radius 2 is 1.70 bits per heavy atom. The fourth-order valence-corrected chi connectivity index (χ4v) is 4.56. The van der Waals surface area contributed by atoms with E-state index in [1.165, 1.54) is 0 Å². The second-order valence-electron chi connectivity index (χ2n) is 6.89. The van der Waals surface area contributed by atoms with Crippen LogP contribution in [0.1, 0.15) is 18.4 Å². The summed E-state index contributed by atoms with van der Waals surface area (Å²) in [6.07, 6.45) is 3.88. The van der Waals surface area contributed by atoms with E-state index in [4.69, 9.17) is 9.47 Å². The zero-order valence-corrected chi connectivity index (χ0v) is 16.1. The second-order valence-corrected chi connectivity index (χ2v) is 8.66. The van der Waals surface area contributed by atoms with Crippen LogP contribution in [0.3, 0.4) is 0 Å². The molecule has 0 saturated heterocycles. The van der Waals surface area contributed by atoms with E-state index < -0.39 is 10.0 Å². The number of hydrogen-bond donors (Lipinski definition) is 2. The molecular formula is C20H22N2O4S. The first-order chi connectivity index (χ1) is 13.0. The molecule has 1 saturated carbocycles. The first-order valence-electron chi connectivity index (χ1n) is 8.77. The molecule has 2 aromatic carbocycles. The Morgan fingerprint density at radius 3 is 2.33 bits per heavy atom. The summed E-state index contributed by atoms with van der Waals surface area (Å²) >= 11 is 0. The van der Waals surface area contributed by atoms with Gasteiger partial charge in [0.2, 0.25) is 10.0 Å². The van der Waals surface area contributed by atoms with Gasteiger partial charge in [-0.1, -0.05) is 0 Å². The Bertz CT molecular complexity index is 1070. The van der Waals surface area contributed by atoms with Crippen LogP contribution in [-0.2, 0) is 15.4 Å². The van der Waals surface area contributed by atoms with Crippen molar-refractivity contribution in [2.75, 3.05) is 20.8 Å². The molecule has 0 spiro atoms. The fraction of sp³-hybridized carbons (Fsp3) is 0.300. The molecule has 0 atom stereocenters. The average molecular weight is 386 g/mol. The molecule has 1 aliphatic rings. The van der Waals surface area contributed by atoms with Crippen LogP contribution in [0.4, 0.5) is 0 Å². The van der Waals surface area contributed by atoms with Gasteiger partial charge in [0.05, 0.1) is 19.1 Å². The highest BCUT2D eigenvalue weighted by Crippen LogP contribution is 2.50. The lowest BCUT2D eigenvalue weighted by Gasteiger charge is -2.16. The monoisotopic (exact) mass is 386 g/mol. The third-order valence-electron chi connectivity index (χ3n) is 5.28. The summed E-state index contributed by atoms with van der Waals surface area (Å²) in [5.74, 6) is 1.42. The average Bonchev–Trinajstić information content (AvgIpc) is 3.37. The van der Waals surface area contributed by atoms with Crippen molar-refractivity contribution in [3.63, 3.8) is 0 Å². The van der Waals surface area contributed by atoms with Gasteiger partial charge in [0.25, 0.3) is 0 Å². The van der Waals surface area contributed by atoms with Gasteiger partial charge in [-0.2, -0.15) is 0 Å². The second kappa shape index (κ2) is 6.58. The maximum absolute atomic E-state index is 12.7. The number of fused-ring (bicyclic) bond motifs is 1. The highest BCUT2D eigenvalue weighted by molar-refractivity contribution is 7.89. The van der Waals surface area contributed by atoms with Crippen molar-refractivity contribution in [3.8, 4) is 11.5 Å². The topological polar surface area (TPSA) is 80.4 Å². The summed E-state index contributed by atoms with van der Waals surface area (Å²) in [5, 5.41) is 1.08. The van der Waals surface area contributed by atoms with Crippen molar-refractivity contribution in [2.45, 2.75) is 23.2 Å². The molecule has 3 aromatic rings. The van der Waals surface area contributed by atoms with E-state index in [2.05, 4.69) is 9.71 Å². The van der Waals surface area contributed by atoms with Gasteiger partial charge in [-0.15, -0.1) is 0 Å². The Labute approximate surface area is 158 Å². The molecule has 1 aliphatic carbocycles. The van der Waals surface area contributed by atoms with Crippen molar-refractivity contribution < 1.29 is 17.9 Å². The van der Waals surface area contributed by atoms with Crippen LogP contribution in [0.2, 0.25) is 0 Å². The normalized spacial score (nSPS) is 15.6. The third-order valence-corrected chi connectivity index (χ3v) is 6.70. The number of benzene rings is 2. The van der Waals surface area contributed by atoms with Gasteiger partial charge in [0.1, 0.15) is 11.5 Å². The molecule has 4 rings (SSSR count). The smallest absolute Gasteiger partial charge is 0.240 e. The summed E-state index contributed by atoms with van der Waals surface area (Å²) in [4.78, 5) is 3.52. The van der Waals surface area contributed by atoms with Gasteiger partial charge in [0.15, 0.2) is 0 Å². The molecule has 142 valence electrons. The largest absolute Gasteiger partial charge is 0.497 e. The van der Waals surface area contributed by atoms with E-state index in [9.17, 15) is 8.42 Å². The lowest BCUT2D eigenvalue weighted by molar-refractivity contribution is 0.414. The van der Waals surface area contributed by atoms with Crippen LogP contribution in [0.15, 0.2) is 53.6 Å². The number of nitrogens with one attached hydrogen (secondary N) is 2. The zero-order valence-electron chi connectivity index (χ0n) is 15.3. The molecule has 0 amide bonds. The quantitative estimate of drug-likeness (QED) is 0.653. The van der Waals surface area contributed by atoms with Gasteiger partial charge in [-0.25, -0.2) is 13.1 Å². The molecule has 6 nitrogen and oxygen atoms in total. The number of H-pyrrole nitrogens is 1. The number of hydrogen-bond acceptors (Lipinski definition) is 4. The first-order valence-corrected chi connectivity index (χ1v) is 10.3. The highest BCUT2D eigenvalue weighted by Gasteiger charge is 2.46. The molecule has 1 fully saturated rings. The standard InChI is InChI=1S/C20H22N2O4S/c1-25-14-3-6-16(7-4-14)27(23,24)22-13-20(9-10-20)18-12-21-19-8-5-15(26-2)11-17(18)19/h3-8,11-12,21-22H,9-10,13H2,1-2H3. The first kappa shape index (κ1) is 17.9. The van der Waals surface area contributed by atoms with Crippen LogP contribution in [0.25, 0.3) is 10.9 Å². The van der Waals surface area contributed by atoms with Crippen LogP contribution in [0.5, 0.6) is 11.5 Å². The molecule has 0 unspecified atom stereocenters. The molecule has 1 aromatic heterocycles. The Balaban J connectivity index is 1.57. The summed E-state index contributed by atoms with van der Waals surface area (Å²) in [5.41, 5.74) is 1.98. The lowest BCUT2D eigenvalue weighted by atomic mass is 9.95. The van der Waals surface area contributed by atoms with Gasteiger partial charge in [-0.3, -0.25) is 0 Å². The third kappa shape index (κ3) is 3.28. The predicted octanol–water partition coefficient (Wildman–Crippen LogP) is 3.20. The van der Waals surface area contributed by atoms with E-state index in [0.717, 1.165) is 35.1 Å². The Hall–Kier alpha value is -2.51. The van der Waals surface area contributed by atoms with E-state index in [1.807, 2.05) is 24.4 Å². The van der Waals surface area contributed by atoms with Crippen molar-refractivity contribution in [1.82, 2.24) is 9.71 Å². The minimum absolute atomic E-state index is 0.176. The van der Waals surface area contributed by atoms with E-state index in [0.29, 0.717) is 12.3 Å². The molecule has 0 radical (unpaired) electrons. The maximum atomic E-state index is 12.7. The van der Waals surface area contributed by atoms with Gasteiger partial charge in [-0.05, 0) is 60.9 Å². The van der Waals surface area contributed by atoms with E-state index >= 15 is 0 Å². The van der Waals surface area contributed by atoms with Crippen LogP contribution < -0.4 is 14.2 Å². The van der Waals surface area contributed by atoms with Crippen molar-refractivity contribution >= 4 is 20.9 Å². The van der Waals surface area contributed by atoms with Gasteiger partial charge >= 0.3 is 0 Å². The molecule has 2 N–H and O–H groups in total. The van der Waals surface area contributed by atoms with Crippen molar-refractivity contribution in [2.24, 2.45) is 0 Å². The zero-order chi connectivity index (χ0) is 19.1. The molecule has 0 bridgehead atoms. The molecule has 1 heterocycles. The summed E-state index contributed by atoms with van der Waals surface area (Å²) in [7, 11) is -0.383. The molecule has 0 aliphatic heterocycles. The Morgan fingerprint density at radius 1 is 1.04 bits per heavy atom. The minimum Gasteiger partial charge on any atom is -0.497 e. The maximum Gasteiger partial charge on any atom is 0.240 e. The lowest BCUT2D eigenvalue weighted by Crippen LogP contribution is -2.32. The fourth-order valence-electron chi connectivity index (χ4n) is 3.43. The predicted molar refractivity (Wildman–Crippen MR) is 104 cm³/mol. The number of methoxy groups -OCH3 is 2. The van der Waals surface area contributed by atoms with Crippen molar-refractivity contribution in [1.29, 1.82) is 0 Å². The number of ether oxygens (including phenoxy) is 2. The summed E-state index contributed by atoms with van der Waals surface area (Å²) in [6.45, 7) is 0.367. The van der Waals surface area contributed by atoms with Gasteiger partial charge < -0.3 is 14.5 Å². The van der Waals surface area contributed by atoms with Crippen LogP contribution in [0, 0.1) is 0 Å². The van der Waals surface area contributed by atoms with E-state index in [1.54, 1.807) is 38.5 Å². The molecule has 7 heteroatoms. The van der Waals surface area contributed by atoms with E-state index in [-0.39, 0.29) is 10.3 Å². The molecule has 27 heavy (non-hydrogen) atoms. The number of aromatic nitrogens is 1. The molecular weight excluding hydrogens is 364 g/mol. The SMILES string of the molecule is COc1ccc(S(=O)(=O)NCC2(c3c[nH]c4ccc(OC)cc34)CC2)cc1. The van der Waals surface area contributed by atoms with Crippen molar-refractivity contribution in [3.05, 3.63) is 54.2 Å². The summed E-state index contributed by atoms with van der Waals surface area (Å²) in [6, 6.07) is 12.3. The van der Waals surface area contributed by atoms with Crippen LogP contribution in [-0.4, -0.2) is 34.2 Å². The number of rotatable bonds is 7. The number of aromatic amines is 1. The summed E-state index contributed by atoms with van der Waals surface area (Å²) < 4.78 is 38.5. The van der Waals surface area contributed by atoms with Gasteiger partial charge in [0, 0.05) is 29.1 Å². The van der Waals surface area contributed by atoms with Crippen LogP contribution >= 0.6 is 0 Å². The minimum atomic E-state index is -3.58. The number of sulfonamides is 1. The Kier molecular flexibility index (Phi) is 4.36. The highest BCUT2D eigenvalue weighted by atomic mass is 32.2.